The number of carbonyl (C=O) groups excluding carboxylic acids is 2. The number of hydrogen-bond acceptors (Lipinski definition) is 5. The molecule has 0 bridgehead atoms. The highest BCUT2D eigenvalue weighted by atomic mass is 16.5. The Morgan fingerprint density at radius 2 is 1.89 bits per heavy atom. The van der Waals surface area contributed by atoms with E-state index in [1.54, 1.807) is 24.3 Å². The lowest BCUT2D eigenvalue weighted by Gasteiger charge is -2.31. The van der Waals surface area contributed by atoms with Crippen LogP contribution < -0.4 is 15.8 Å². The molecule has 142 valence electrons. The molecule has 7 nitrogen and oxygen atoms in total. The zero-order valence-electron chi connectivity index (χ0n) is 15.1. The van der Waals surface area contributed by atoms with E-state index in [1.165, 1.54) is 0 Å². The second-order valence-corrected chi connectivity index (χ2v) is 6.59. The van der Waals surface area contributed by atoms with Crippen molar-refractivity contribution in [1.29, 1.82) is 0 Å². The second kappa shape index (κ2) is 9.14. The molecule has 1 saturated heterocycles. The third-order valence-electron chi connectivity index (χ3n) is 4.49. The van der Waals surface area contributed by atoms with E-state index in [-0.39, 0.29) is 18.6 Å². The van der Waals surface area contributed by atoms with Crippen molar-refractivity contribution in [3.63, 3.8) is 0 Å². The molecule has 0 spiro atoms. The van der Waals surface area contributed by atoms with Gasteiger partial charge in [-0.1, -0.05) is 6.07 Å². The lowest BCUT2D eigenvalue weighted by molar-refractivity contribution is -0.117. The molecule has 2 heterocycles. The van der Waals surface area contributed by atoms with Gasteiger partial charge >= 0.3 is 0 Å². The summed E-state index contributed by atoms with van der Waals surface area (Å²) in [6, 6.07) is 12.9. The second-order valence-electron chi connectivity index (χ2n) is 6.59. The first-order valence-electron chi connectivity index (χ1n) is 9.05. The number of primary amides is 1. The van der Waals surface area contributed by atoms with Crippen molar-refractivity contribution in [1.82, 2.24) is 15.2 Å². The summed E-state index contributed by atoms with van der Waals surface area (Å²) in [5, 5.41) is 2.46. The number of aromatic nitrogens is 1. The van der Waals surface area contributed by atoms with Crippen LogP contribution in [0, 0.1) is 0 Å². The molecular weight excluding hydrogens is 344 g/mol. The number of amides is 2. The van der Waals surface area contributed by atoms with Crippen molar-refractivity contribution in [2.75, 3.05) is 19.6 Å². The number of nitrogens with one attached hydrogen (secondary N) is 1. The first-order valence-corrected chi connectivity index (χ1v) is 9.05. The molecule has 0 aliphatic carbocycles. The molecule has 1 aliphatic rings. The van der Waals surface area contributed by atoms with Crippen molar-refractivity contribution >= 4 is 11.8 Å². The minimum absolute atomic E-state index is 0.166. The number of benzene rings is 1. The maximum absolute atomic E-state index is 11.9. The van der Waals surface area contributed by atoms with Gasteiger partial charge in [0.15, 0.2) is 0 Å². The van der Waals surface area contributed by atoms with Gasteiger partial charge < -0.3 is 15.8 Å². The Bertz CT molecular complexity index is 757. The van der Waals surface area contributed by atoms with Crippen LogP contribution in [0.4, 0.5) is 0 Å². The molecular formula is C20H24N4O3. The fourth-order valence-electron chi connectivity index (χ4n) is 3.05. The van der Waals surface area contributed by atoms with E-state index >= 15 is 0 Å². The Hall–Kier alpha value is -2.93. The summed E-state index contributed by atoms with van der Waals surface area (Å²) in [4.78, 5) is 29.3. The van der Waals surface area contributed by atoms with Crippen LogP contribution in [-0.2, 0) is 11.3 Å². The molecule has 1 aromatic heterocycles. The average Bonchev–Trinajstić information content (AvgIpc) is 2.69. The molecule has 1 fully saturated rings. The smallest absolute Gasteiger partial charge is 0.251 e. The lowest BCUT2D eigenvalue weighted by Crippen LogP contribution is -2.38. The largest absolute Gasteiger partial charge is 0.490 e. The predicted molar refractivity (Wildman–Crippen MR) is 101 cm³/mol. The topological polar surface area (TPSA) is 97.5 Å². The highest BCUT2D eigenvalue weighted by molar-refractivity contribution is 5.96. The molecule has 0 atom stereocenters. The molecule has 1 aromatic carbocycles. The predicted octanol–water partition coefficient (Wildman–Crippen LogP) is 1.34. The van der Waals surface area contributed by atoms with Crippen molar-refractivity contribution in [3.05, 3.63) is 59.9 Å². The third-order valence-corrected chi connectivity index (χ3v) is 4.49. The SMILES string of the molecule is NC(=O)CNC(=O)c1ccc(OC2CCN(Cc3ccccn3)CC2)cc1. The van der Waals surface area contributed by atoms with E-state index in [0.29, 0.717) is 5.56 Å². The number of hydrogen-bond donors (Lipinski definition) is 2. The zero-order chi connectivity index (χ0) is 19.1. The normalized spacial score (nSPS) is 15.3. The Morgan fingerprint density at radius 3 is 2.52 bits per heavy atom. The summed E-state index contributed by atoms with van der Waals surface area (Å²) in [7, 11) is 0. The van der Waals surface area contributed by atoms with Gasteiger partial charge in [-0.05, 0) is 49.2 Å². The van der Waals surface area contributed by atoms with Crippen LogP contribution in [0.25, 0.3) is 0 Å². The van der Waals surface area contributed by atoms with Crippen LogP contribution in [0.1, 0.15) is 28.9 Å². The number of ether oxygens (including phenoxy) is 1. The molecule has 3 rings (SSSR count). The monoisotopic (exact) mass is 368 g/mol. The van der Waals surface area contributed by atoms with Gasteiger partial charge in [0.1, 0.15) is 11.9 Å². The molecule has 0 radical (unpaired) electrons. The number of carbonyl (C=O) groups is 2. The van der Waals surface area contributed by atoms with Gasteiger partial charge in [0.2, 0.25) is 5.91 Å². The molecule has 2 aromatic rings. The molecule has 1 aliphatic heterocycles. The van der Waals surface area contributed by atoms with Gasteiger partial charge in [-0.25, -0.2) is 0 Å². The fraction of sp³-hybridized carbons (Fsp3) is 0.350. The molecule has 0 unspecified atom stereocenters. The highest BCUT2D eigenvalue weighted by Crippen LogP contribution is 2.20. The summed E-state index contributed by atoms with van der Waals surface area (Å²) in [6.45, 7) is 2.63. The standard InChI is InChI=1S/C20H24N4O3/c21-19(25)13-23-20(26)15-4-6-17(7-5-15)27-18-8-11-24(12-9-18)14-16-3-1-2-10-22-16/h1-7,10,18H,8-9,11-14H2,(H2,21,25)(H,23,26). The summed E-state index contributed by atoms with van der Waals surface area (Å²) in [5.74, 6) is -0.162. The number of likely N-dealkylation sites (tertiary alicyclic amines) is 1. The maximum Gasteiger partial charge on any atom is 0.251 e. The van der Waals surface area contributed by atoms with Gasteiger partial charge in [0.05, 0.1) is 12.2 Å². The number of rotatable bonds is 7. The summed E-state index contributed by atoms with van der Waals surface area (Å²) < 4.78 is 6.04. The lowest BCUT2D eigenvalue weighted by atomic mass is 10.1. The van der Waals surface area contributed by atoms with Crippen LogP contribution in [-0.4, -0.2) is 47.4 Å². The summed E-state index contributed by atoms with van der Waals surface area (Å²) >= 11 is 0. The van der Waals surface area contributed by atoms with E-state index in [9.17, 15) is 9.59 Å². The summed E-state index contributed by atoms with van der Waals surface area (Å²) in [6.07, 6.45) is 3.89. The maximum atomic E-state index is 11.9. The van der Waals surface area contributed by atoms with Crippen molar-refractivity contribution in [3.8, 4) is 5.75 Å². The quantitative estimate of drug-likeness (QED) is 0.769. The number of piperidine rings is 1. The Balaban J connectivity index is 1.45. The third kappa shape index (κ3) is 5.79. The van der Waals surface area contributed by atoms with Gasteiger partial charge in [-0.15, -0.1) is 0 Å². The van der Waals surface area contributed by atoms with Crippen molar-refractivity contribution < 1.29 is 14.3 Å². The van der Waals surface area contributed by atoms with Crippen LogP contribution in [0.15, 0.2) is 48.7 Å². The van der Waals surface area contributed by atoms with Crippen LogP contribution >= 0.6 is 0 Å². The Morgan fingerprint density at radius 1 is 1.15 bits per heavy atom. The van der Waals surface area contributed by atoms with E-state index in [0.717, 1.165) is 43.9 Å². The van der Waals surface area contributed by atoms with E-state index in [1.807, 2.05) is 24.4 Å². The number of nitrogens with zero attached hydrogens (tertiary/aromatic N) is 2. The number of nitrogens with two attached hydrogens (primary N) is 1. The van der Waals surface area contributed by atoms with Crippen molar-refractivity contribution in [2.45, 2.75) is 25.5 Å². The summed E-state index contributed by atoms with van der Waals surface area (Å²) in [5.41, 5.74) is 6.57. The molecule has 7 heteroatoms. The fourth-order valence-corrected chi connectivity index (χ4v) is 3.05. The number of pyridine rings is 1. The van der Waals surface area contributed by atoms with Gasteiger partial charge in [0, 0.05) is 31.4 Å². The molecule has 0 saturated carbocycles. The minimum atomic E-state index is -0.572. The van der Waals surface area contributed by atoms with Crippen LogP contribution in [0.2, 0.25) is 0 Å². The van der Waals surface area contributed by atoms with Gasteiger partial charge in [-0.3, -0.25) is 19.5 Å². The minimum Gasteiger partial charge on any atom is -0.490 e. The van der Waals surface area contributed by atoms with Gasteiger partial charge in [0.25, 0.3) is 5.91 Å². The average molecular weight is 368 g/mol. The molecule has 3 N–H and O–H groups in total. The highest BCUT2D eigenvalue weighted by Gasteiger charge is 2.21. The van der Waals surface area contributed by atoms with Crippen molar-refractivity contribution in [2.24, 2.45) is 5.73 Å². The first-order chi connectivity index (χ1) is 13.1. The Kier molecular flexibility index (Phi) is 6.38. The van der Waals surface area contributed by atoms with Crippen LogP contribution in [0.5, 0.6) is 5.75 Å². The van der Waals surface area contributed by atoms with E-state index < -0.39 is 5.91 Å². The molecule has 2 amide bonds. The molecule has 27 heavy (non-hydrogen) atoms. The Labute approximate surface area is 158 Å². The van der Waals surface area contributed by atoms with Gasteiger partial charge in [-0.2, -0.15) is 0 Å². The van der Waals surface area contributed by atoms with Crippen LogP contribution in [0.3, 0.4) is 0 Å². The zero-order valence-corrected chi connectivity index (χ0v) is 15.1. The first kappa shape index (κ1) is 18.8. The van der Waals surface area contributed by atoms with E-state index in [2.05, 4.69) is 15.2 Å². The van der Waals surface area contributed by atoms with E-state index in [4.69, 9.17) is 10.5 Å².